The van der Waals surface area contributed by atoms with E-state index in [1.807, 2.05) is 18.2 Å². The van der Waals surface area contributed by atoms with E-state index in [1.54, 1.807) is 42.6 Å². The largest absolute Gasteiger partial charge is 0.444 e. The van der Waals surface area contributed by atoms with Crippen molar-refractivity contribution in [1.29, 1.82) is 0 Å². The van der Waals surface area contributed by atoms with Crippen LogP contribution in [0, 0.1) is 5.92 Å². The van der Waals surface area contributed by atoms with Gasteiger partial charge < -0.3 is 29.4 Å². The van der Waals surface area contributed by atoms with Gasteiger partial charge in [0, 0.05) is 64.1 Å². The molecule has 2 aromatic carbocycles. The van der Waals surface area contributed by atoms with Crippen molar-refractivity contribution in [1.82, 2.24) is 34.9 Å². The molecule has 1 unspecified atom stereocenters. The standard InChI is InChI=1S/C48H52F2N10O8/c49-43(50)42-35(53-44(62)36-29-68-46(54-36)32-15-16-51-39(26-32)52-27-31-7-8-31)28-59(56-42)33-11-9-30(10-12-33)4-1-2-22-66-24-25-67-23-21-57-17-19-58(20-18-57)37-6-3-5-34-41(37)48(65)60(47(34)64)38-13-14-40(61)55-45(38)63/h3,5-6,9-12,15-16,26,28-29,31,38,43H,1-2,4,7-8,13-14,17-25,27H2,(H,51,52)(H,53,62)(H,55,61,63). The second-order valence-electron chi connectivity index (χ2n) is 17.2. The van der Waals surface area contributed by atoms with Crippen LogP contribution in [0.2, 0.25) is 0 Å². The molecule has 3 aliphatic heterocycles. The van der Waals surface area contributed by atoms with Crippen LogP contribution in [0.5, 0.6) is 0 Å². The minimum atomic E-state index is -2.93. The number of pyridine rings is 1. The second kappa shape index (κ2) is 20.9. The van der Waals surface area contributed by atoms with E-state index in [9.17, 15) is 32.8 Å². The van der Waals surface area contributed by atoms with Gasteiger partial charge in [-0.15, -0.1) is 0 Å². The van der Waals surface area contributed by atoms with Gasteiger partial charge in [-0.25, -0.2) is 23.4 Å². The molecule has 0 spiro atoms. The first-order valence-electron chi connectivity index (χ1n) is 23.0. The molecule has 0 radical (unpaired) electrons. The number of carbonyl (C=O) groups is 5. The van der Waals surface area contributed by atoms with Gasteiger partial charge in [-0.05, 0) is 86.4 Å². The zero-order valence-corrected chi connectivity index (χ0v) is 37.3. The smallest absolute Gasteiger partial charge is 0.284 e. The minimum Gasteiger partial charge on any atom is -0.444 e. The van der Waals surface area contributed by atoms with Gasteiger partial charge >= 0.3 is 0 Å². The van der Waals surface area contributed by atoms with Crippen molar-refractivity contribution >= 4 is 46.7 Å². The first-order chi connectivity index (χ1) is 33.1. The van der Waals surface area contributed by atoms with Gasteiger partial charge in [-0.2, -0.15) is 5.10 Å². The summed E-state index contributed by atoms with van der Waals surface area (Å²) in [6.07, 6.45) is 6.34. The molecule has 9 rings (SSSR count). The third kappa shape index (κ3) is 10.8. The van der Waals surface area contributed by atoms with E-state index in [2.05, 4.69) is 40.8 Å². The summed E-state index contributed by atoms with van der Waals surface area (Å²) in [5, 5.41) is 12.1. The van der Waals surface area contributed by atoms with E-state index in [1.165, 1.54) is 30.0 Å². The number of imide groups is 2. The Morgan fingerprint density at radius 2 is 1.71 bits per heavy atom. The number of anilines is 3. The molecule has 18 nitrogen and oxygen atoms in total. The van der Waals surface area contributed by atoms with Crippen LogP contribution < -0.4 is 20.9 Å². The number of aryl methyl sites for hydroxylation is 1. The highest BCUT2D eigenvalue weighted by Crippen LogP contribution is 2.35. The molecule has 3 fully saturated rings. The number of amides is 5. The Morgan fingerprint density at radius 1 is 0.912 bits per heavy atom. The highest BCUT2D eigenvalue weighted by molar-refractivity contribution is 6.25. The summed E-state index contributed by atoms with van der Waals surface area (Å²) in [5.41, 5.74) is 2.74. The SMILES string of the molecule is O=C1CCC(N2C(=O)c3cccc(N4CCN(CCOCCOCCCCc5ccc(-n6cc(NC(=O)c7coc(-c8ccnc(NCC9CC9)c8)n7)c(C(F)F)n6)cc5)CC4)c3C2=O)C(=O)N1. The molecule has 68 heavy (non-hydrogen) atoms. The summed E-state index contributed by atoms with van der Waals surface area (Å²) in [6, 6.07) is 15.1. The topological polar surface area (TPSA) is 206 Å². The number of halogens is 2. The predicted molar refractivity (Wildman–Crippen MR) is 244 cm³/mol. The molecule has 4 aliphatic rings. The van der Waals surface area contributed by atoms with Gasteiger partial charge in [0.15, 0.2) is 11.4 Å². The van der Waals surface area contributed by atoms with Crippen molar-refractivity contribution in [3.63, 3.8) is 0 Å². The van der Waals surface area contributed by atoms with Gasteiger partial charge in [-0.3, -0.25) is 39.1 Å². The summed E-state index contributed by atoms with van der Waals surface area (Å²) in [7, 11) is 0. The number of piperazine rings is 1. The van der Waals surface area contributed by atoms with E-state index in [4.69, 9.17) is 13.9 Å². The summed E-state index contributed by atoms with van der Waals surface area (Å²) < 4.78 is 46.6. The van der Waals surface area contributed by atoms with Crippen LogP contribution in [0.4, 0.5) is 26.0 Å². The number of unbranched alkanes of at least 4 members (excludes halogenated alkanes) is 1. The van der Waals surface area contributed by atoms with Crippen molar-refractivity contribution in [3.8, 4) is 17.1 Å². The number of nitrogens with one attached hydrogen (secondary N) is 3. The molecule has 1 atom stereocenters. The number of alkyl halides is 2. The highest BCUT2D eigenvalue weighted by Gasteiger charge is 2.46. The maximum absolute atomic E-state index is 14.1. The van der Waals surface area contributed by atoms with Crippen molar-refractivity contribution in [2.75, 3.05) is 81.2 Å². The molecule has 5 amide bonds. The third-order valence-corrected chi connectivity index (χ3v) is 12.5. The first kappa shape index (κ1) is 46.2. The van der Waals surface area contributed by atoms with E-state index in [0.29, 0.717) is 73.8 Å². The average Bonchev–Trinajstić information content (AvgIpc) is 3.75. The molecule has 3 aromatic heterocycles. The summed E-state index contributed by atoms with van der Waals surface area (Å²) in [6.45, 7) is 6.44. The number of nitrogens with zero attached hydrogens (tertiary/aromatic N) is 7. The Kier molecular flexibility index (Phi) is 14.2. The summed E-state index contributed by atoms with van der Waals surface area (Å²) in [5.74, 6) is -1.23. The number of aromatic nitrogens is 4. The molecular weight excluding hydrogens is 883 g/mol. The lowest BCUT2D eigenvalue weighted by atomic mass is 10.0. The number of rotatable bonds is 21. The van der Waals surface area contributed by atoms with Crippen molar-refractivity contribution in [3.05, 3.63) is 101 Å². The van der Waals surface area contributed by atoms with Crippen LogP contribution >= 0.6 is 0 Å². The fourth-order valence-electron chi connectivity index (χ4n) is 8.54. The number of hydrogen-bond donors (Lipinski definition) is 3. The molecule has 2 saturated heterocycles. The number of carbonyl (C=O) groups excluding carboxylic acids is 5. The van der Waals surface area contributed by atoms with E-state index in [-0.39, 0.29) is 35.7 Å². The van der Waals surface area contributed by atoms with Gasteiger partial charge in [0.1, 0.15) is 18.1 Å². The van der Waals surface area contributed by atoms with Crippen molar-refractivity contribution in [2.45, 2.75) is 57.4 Å². The Bertz CT molecular complexity index is 2640. The van der Waals surface area contributed by atoms with E-state index >= 15 is 0 Å². The number of hydrogen-bond acceptors (Lipinski definition) is 14. The number of benzene rings is 2. The lowest BCUT2D eigenvalue weighted by molar-refractivity contribution is -0.136. The Labute approximate surface area is 390 Å². The third-order valence-electron chi connectivity index (χ3n) is 12.5. The molecular formula is C48H52F2N10O8. The maximum atomic E-state index is 14.1. The van der Waals surface area contributed by atoms with E-state index < -0.39 is 47.7 Å². The molecule has 1 saturated carbocycles. The molecule has 1 aliphatic carbocycles. The van der Waals surface area contributed by atoms with Crippen LogP contribution in [0.25, 0.3) is 17.1 Å². The highest BCUT2D eigenvalue weighted by atomic mass is 19.3. The van der Waals surface area contributed by atoms with Crippen LogP contribution in [0.15, 0.2) is 77.7 Å². The summed E-state index contributed by atoms with van der Waals surface area (Å²) >= 11 is 0. The van der Waals surface area contributed by atoms with Crippen LogP contribution in [0.3, 0.4) is 0 Å². The van der Waals surface area contributed by atoms with Crippen LogP contribution in [0.1, 0.15) is 87.4 Å². The van der Waals surface area contributed by atoms with Gasteiger partial charge in [0.05, 0.1) is 54.2 Å². The molecule has 0 bridgehead atoms. The minimum absolute atomic E-state index is 0.0694. The molecule has 20 heteroatoms. The van der Waals surface area contributed by atoms with Crippen LogP contribution in [-0.4, -0.2) is 131 Å². The Morgan fingerprint density at radius 3 is 2.47 bits per heavy atom. The zero-order valence-electron chi connectivity index (χ0n) is 37.3. The lowest BCUT2D eigenvalue weighted by Crippen LogP contribution is -2.54. The van der Waals surface area contributed by atoms with Crippen molar-refractivity contribution < 1.29 is 46.6 Å². The average molecular weight is 935 g/mol. The van der Waals surface area contributed by atoms with Gasteiger partial charge in [0.25, 0.3) is 24.1 Å². The monoisotopic (exact) mass is 934 g/mol. The quantitative estimate of drug-likeness (QED) is 0.0613. The normalized spacial score (nSPS) is 17.5. The molecule has 6 heterocycles. The van der Waals surface area contributed by atoms with Gasteiger partial charge in [-0.1, -0.05) is 18.2 Å². The number of fused-ring (bicyclic) bond motifs is 1. The number of ether oxygens (including phenoxy) is 2. The van der Waals surface area contributed by atoms with Crippen LogP contribution in [-0.2, 0) is 25.5 Å². The second-order valence-corrected chi connectivity index (χ2v) is 17.2. The Hall–Kier alpha value is -6.90. The van der Waals surface area contributed by atoms with E-state index in [0.717, 1.165) is 55.9 Å². The zero-order chi connectivity index (χ0) is 47.1. The summed E-state index contributed by atoms with van der Waals surface area (Å²) in [4.78, 5) is 78.0. The molecule has 3 N–H and O–H groups in total. The number of piperidine rings is 1. The fraction of sp³-hybridized carbons (Fsp3) is 0.417. The Balaban J connectivity index is 0.651. The lowest BCUT2D eigenvalue weighted by Gasteiger charge is -2.36. The number of oxazole rings is 1. The molecule has 5 aromatic rings. The first-order valence-corrected chi connectivity index (χ1v) is 23.0. The molecule has 356 valence electrons. The van der Waals surface area contributed by atoms with Gasteiger partial charge in [0.2, 0.25) is 17.7 Å². The fourth-order valence-corrected chi connectivity index (χ4v) is 8.54. The van der Waals surface area contributed by atoms with Crippen molar-refractivity contribution in [2.24, 2.45) is 5.92 Å². The maximum Gasteiger partial charge on any atom is 0.284 e. The predicted octanol–water partition coefficient (Wildman–Crippen LogP) is 5.51.